The molecule has 0 unspecified atom stereocenters. The van der Waals surface area contributed by atoms with Crippen LogP contribution in [0.15, 0.2) is 4.99 Å². The van der Waals surface area contributed by atoms with Gasteiger partial charge in [0.25, 0.3) is 0 Å². The molecular weight excluding hydrogens is 316 g/mol. The number of aryl methyl sites for hydroxylation is 1. The van der Waals surface area contributed by atoms with Gasteiger partial charge in [-0.15, -0.1) is 10.2 Å². The summed E-state index contributed by atoms with van der Waals surface area (Å²) in [5, 5.41) is 15.0. The third-order valence-electron chi connectivity index (χ3n) is 4.97. The maximum atomic E-state index is 5.11. The van der Waals surface area contributed by atoms with Crippen LogP contribution in [0.4, 0.5) is 0 Å². The monoisotopic (exact) mass is 350 g/mol. The van der Waals surface area contributed by atoms with Crippen LogP contribution in [-0.4, -0.2) is 47.5 Å². The van der Waals surface area contributed by atoms with Crippen molar-refractivity contribution >= 4 is 5.96 Å². The second-order valence-electron chi connectivity index (χ2n) is 6.88. The van der Waals surface area contributed by atoms with E-state index in [1.54, 1.807) is 7.11 Å². The van der Waals surface area contributed by atoms with Crippen LogP contribution in [0.5, 0.6) is 0 Å². The second-order valence-corrected chi connectivity index (χ2v) is 6.88. The van der Waals surface area contributed by atoms with E-state index in [1.807, 2.05) is 18.5 Å². The first-order chi connectivity index (χ1) is 12.2. The molecule has 1 aromatic rings. The summed E-state index contributed by atoms with van der Waals surface area (Å²) >= 11 is 0. The van der Waals surface area contributed by atoms with E-state index in [4.69, 9.17) is 4.74 Å². The van der Waals surface area contributed by atoms with Crippen molar-refractivity contribution in [2.45, 2.75) is 58.4 Å². The molecule has 0 aliphatic heterocycles. The summed E-state index contributed by atoms with van der Waals surface area (Å²) in [6.07, 6.45) is 9.61. The summed E-state index contributed by atoms with van der Waals surface area (Å²) < 4.78 is 7.08. The Morgan fingerprint density at radius 2 is 1.96 bits per heavy atom. The van der Waals surface area contributed by atoms with Crippen molar-refractivity contribution in [3.05, 3.63) is 11.6 Å². The first kappa shape index (κ1) is 19.7. The first-order valence-corrected chi connectivity index (χ1v) is 9.56. The number of aromatic nitrogens is 3. The van der Waals surface area contributed by atoms with E-state index in [-0.39, 0.29) is 0 Å². The summed E-state index contributed by atoms with van der Waals surface area (Å²) in [6.45, 7) is 4.81. The quantitative estimate of drug-likeness (QED) is 0.405. The van der Waals surface area contributed by atoms with Crippen molar-refractivity contribution in [3.8, 4) is 0 Å². The zero-order valence-corrected chi connectivity index (χ0v) is 16.1. The fourth-order valence-corrected chi connectivity index (χ4v) is 3.26. The van der Waals surface area contributed by atoms with Gasteiger partial charge in [0.2, 0.25) is 0 Å². The van der Waals surface area contributed by atoms with E-state index < -0.39 is 0 Å². The molecule has 0 saturated heterocycles. The minimum atomic E-state index is 0.516. The van der Waals surface area contributed by atoms with Gasteiger partial charge in [0.05, 0.1) is 6.61 Å². The number of aliphatic imine (C=N–C) groups is 1. The number of guanidine groups is 1. The normalized spacial score (nSPS) is 16.2. The molecule has 1 aliphatic carbocycles. The number of methoxy groups -OCH3 is 1. The van der Waals surface area contributed by atoms with Crippen LogP contribution in [0.2, 0.25) is 0 Å². The van der Waals surface area contributed by atoms with Crippen LogP contribution in [0.3, 0.4) is 0 Å². The van der Waals surface area contributed by atoms with Gasteiger partial charge in [-0.2, -0.15) is 0 Å². The highest BCUT2D eigenvalue weighted by Gasteiger charge is 2.12. The molecule has 0 amide bonds. The highest BCUT2D eigenvalue weighted by molar-refractivity contribution is 5.79. The maximum Gasteiger partial charge on any atom is 0.191 e. The number of nitrogens with zero attached hydrogens (tertiary/aromatic N) is 4. The number of hydrogen-bond acceptors (Lipinski definition) is 4. The molecule has 7 heteroatoms. The summed E-state index contributed by atoms with van der Waals surface area (Å²) in [4.78, 5) is 4.64. The van der Waals surface area contributed by atoms with Gasteiger partial charge in [-0.1, -0.05) is 32.1 Å². The van der Waals surface area contributed by atoms with E-state index >= 15 is 0 Å². The topological polar surface area (TPSA) is 76.4 Å². The zero-order chi connectivity index (χ0) is 17.9. The standard InChI is InChI=1S/C18H34N6O/c1-15-22-23-17(24(15)2)14-21-18(20-12-13-25-3)19-11-7-10-16-8-5-4-6-9-16/h16H,4-14H2,1-3H3,(H2,19,20,21). The van der Waals surface area contributed by atoms with Gasteiger partial charge in [0, 0.05) is 27.2 Å². The lowest BCUT2D eigenvalue weighted by Crippen LogP contribution is -2.39. The van der Waals surface area contributed by atoms with Crippen molar-refractivity contribution in [1.82, 2.24) is 25.4 Å². The highest BCUT2D eigenvalue weighted by atomic mass is 16.5. The Morgan fingerprint density at radius 1 is 1.20 bits per heavy atom. The summed E-state index contributed by atoms with van der Waals surface area (Å²) in [5.41, 5.74) is 0. The van der Waals surface area contributed by atoms with Crippen molar-refractivity contribution < 1.29 is 4.74 Å². The van der Waals surface area contributed by atoms with E-state index in [9.17, 15) is 0 Å². The molecule has 1 heterocycles. The van der Waals surface area contributed by atoms with Gasteiger partial charge in [-0.05, 0) is 25.7 Å². The molecule has 1 aliphatic rings. The molecular formula is C18H34N6O. The molecule has 7 nitrogen and oxygen atoms in total. The van der Waals surface area contributed by atoms with Crippen LogP contribution < -0.4 is 10.6 Å². The molecule has 25 heavy (non-hydrogen) atoms. The Balaban J connectivity index is 1.77. The van der Waals surface area contributed by atoms with Crippen molar-refractivity contribution in [2.75, 3.05) is 26.8 Å². The van der Waals surface area contributed by atoms with Gasteiger partial charge in [-0.25, -0.2) is 4.99 Å². The first-order valence-electron chi connectivity index (χ1n) is 9.56. The predicted molar refractivity (Wildman–Crippen MR) is 101 cm³/mol. The zero-order valence-electron chi connectivity index (χ0n) is 16.1. The summed E-state index contributed by atoms with van der Waals surface area (Å²) in [6, 6.07) is 0. The van der Waals surface area contributed by atoms with Crippen LogP contribution >= 0.6 is 0 Å². The average Bonchev–Trinajstić information content (AvgIpc) is 2.95. The Morgan fingerprint density at radius 3 is 2.64 bits per heavy atom. The fraction of sp³-hybridized carbons (Fsp3) is 0.833. The summed E-state index contributed by atoms with van der Waals surface area (Å²) in [5.74, 6) is 3.52. The minimum Gasteiger partial charge on any atom is -0.383 e. The van der Waals surface area contributed by atoms with Gasteiger partial charge >= 0.3 is 0 Å². The average molecular weight is 351 g/mol. The highest BCUT2D eigenvalue weighted by Crippen LogP contribution is 2.26. The molecule has 2 rings (SSSR count). The van der Waals surface area contributed by atoms with Crippen LogP contribution in [-0.2, 0) is 18.3 Å². The van der Waals surface area contributed by atoms with Gasteiger partial charge in [-0.3, -0.25) is 0 Å². The SMILES string of the molecule is COCCNC(=NCc1nnc(C)n1C)NCCCC1CCCCC1. The Kier molecular flexibility index (Phi) is 8.72. The summed E-state index contributed by atoms with van der Waals surface area (Å²) in [7, 11) is 3.67. The van der Waals surface area contributed by atoms with Crippen molar-refractivity contribution in [2.24, 2.45) is 18.0 Å². The Bertz CT molecular complexity index is 522. The Hall–Kier alpha value is -1.63. The lowest BCUT2D eigenvalue weighted by molar-refractivity contribution is 0.203. The molecule has 0 bridgehead atoms. The van der Waals surface area contributed by atoms with Crippen molar-refractivity contribution in [3.63, 3.8) is 0 Å². The lowest BCUT2D eigenvalue weighted by Gasteiger charge is -2.21. The third-order valence-corrected chi connectivity index (χ3v) is 4.97. The smallest absolute Gasteiger partial charge is 0.191 e. The van der Waals surface area contributed by atoms with E-state index in [0.29, 0.717) is 13.2 Å². The molecule has 0 radical (unpaired) electrons. The number of ether oxygens (including phenoxy) is 1. The van der Waals surface area contributed by atoms with Crippen LogP contribution in [0, 0.1) is 12.8 Å². The van der Waals surface area contributed by atoms with Gasteiger partial charge in [0.15, 0.2) is 11.8 Å². The third kappa shape index (κ3) is 7.02. The molecule has 0 atom stereocenters. The number of nitrogens with one attached hydrogen (secondary N) is 2. The van der Waals surface area contributed by atoms with Crippen LogP contribution in [0.25, 0.3) is 0 Å². The van der Waals surface area contributed by atoms with E-state index in [0.717, 1.165) is 36.6 Å². The molecule has 0 aromatic carbocycles. The Labute approximate surface area is 151 Å². The van der Waals surface area contributed by atoms with E-state index in [1.165, 1.54) is 44.9 Å². The molecule has 142 valence electrons. The second kappa shape index (κ2) is 11.1. The van der Waals surface area contributed by atoms with Gasteiger partial charge < -0.3 is 19.9 Å². The molecule has 0 spiro atoms. The molecule has 2 N–H and O–H groups in total. The maximum absolute atomic E-state index is 5.11. The lowest BCUT2D eigenvalue weighted by atomic mass is 9.86. The number of hydrogen-bond donors (Lipinski definition) is 2. The largest absolute Gasteiger partial charge is 0.383 e. The number of rotatable bonds is 9. The predicted octanol–water partition coefficient (Wildman–Crippen LogP) is 2.17. The molecule has 1 aromatic heterocycles. The molecule has 1 saturated carbocycles. The molecule has 1 fully saturated rings. The van der Waals surface area contributed by atoms with Gasteiger partial charge in [0.1, 0.15) is 12.4 Å². The van der Waals surface area contributed by atoms with Crippen LogP contribution in [0.1, 0.15) is 56.6 Å². The minimum absolute atomic E-state index is 0.516. The van der Waals surface area contributed by atoms with Crippen molar-refractivity contribution in [1.29, 1.82) is 0 Å². The fourth-order valence-electron chi connectivity index (χ4n) is 3.26. The van der Waals surface area contributed by atoms with E-state index in [2.05, 4.69) is 25.8 Å².